The lowest BCUT2D eigenvalue weighted by molar-refractivity contribution is -0.140. The zero-order chi connectivity index (χ0) is 26.4. The number of nitrogens with zero attached hydrogens (tertiary/aromatic N) is 2. The fraction of sp³-hybridized carbons (Fsp3) is 0.429. The van der Waals surface area contributed by atoms with Gasteiger partial charge in [-0.25, -0.2) is 0 Å². The number of amides is 1. The second-order valence-corrected chi connectivity index (χ2v) is 9.06. The zero-order valence-electron chi connectivity index (χ0n) is 21.9. The number of aliphatic hydroxyl groups is 1. The van der Waals surface area contributed by atoms with Crippen molar-refractivity contribution in [2.75, 3.05) is 40.4 Å². The van der Waals surface area contributed by atoms with Gasteiger partial charge in [-0.2, -0.15) is 0 Å². The Morgan fingerprint density at radius 2 is 1.72 bits per heavy atom. The largest absolute Gasteiger partial charge is 0.507 e. The molecular formula is C28H36N2O6. The number of hydrogen-bond donors (Lipinski definition) is 1. The monoisotopic (exact) mass is 496 g/mol. The van der Waals surface area contributed by atoms with Crippen molar-refractivity contribution in [2.24, 2.45) is 0 Å². The summed E-state index contributed by atoms with van der Waals surface area (Å²) < 4.78 is 17.2. The Hall–Kier alpha value is -3.52. The number of benzene rings is 2. The Kier molecular flexibility index (Phi) is 8.98. The van der Waals surface area contributed by atoms with E-state index < -0.39 is 17.7 Å². The van der Waals surface area contributed by atoms with Crippen molar-refractivity contribution < 1.29 is 28.9 Å². The minimum Gasteiger partial charge on any atom is -0.507 e. The van der Waals surface area contributed by atoms with Crippen molar-refractivity contribution >= 4 is 17.4 Å². The topological polar surface area (TPSA) is 88.5 Å². The van der Waals surface area contributed by atoms with Gasteiger partial charge in [-0.05, 0) is 71.6 Å². The number of Topliss-reactive ketones (excluding diaryl/α,β-unsaturated/α-hetero) is 1. The second kappa shape index (κ2) is 11.9. The number of likely N-dealkylation sites (N-methyl/N-ethyl adjacent to an activating group) is 1. The number of ketones is 1. The van der Waals surface area contributed by atoms with Crippen LogP contribution < -0.4 is 14.2 Å². The summed E-state index contributed by atoms with van der Waals surface area (Å²) in [6.45, 7) is 9.33. The molecule has 0 saturated carbocycles. The molecule has 1 fully saturated rings. The van der Waals surface area contributed by atoms with E-state index in [2.05, 4.69) is 0 Å². The lowest BCUT2D eigenvalue weighted by Crippen LogP contribution is -2.35. The van der Waals surface area contributed by atoms with Gasteiger partial charge in [0.25, 0.3) is 11.7 Å². The van der Waals surface area contributed by atoms with Crippen molar-refractivity contribution in [1.29, 1.82) is 0 Å². The van der Waals surface area contributed by atoms with Crippen molar-refractivity contribution in [2.45, 2.75) is 39.8 Å². The van der Waals surface area contributed by atoms with E-state index in [0.29, 0.717) is 54.7 Å². The molecule has 1 N–H and O–H groups in total. The Morgan fingerprint density at radius 1 is 1.03 bits per heavy atom. The average Bonchev–Trinajstić information content (AvgIpc) is 3.08. The maximum Gasteiger partial charge on any atom is 0.295 e. The first kappa shape index (κ1) is 27.1. The van der Waals surface area contributed by atoms with E-state index in [-0.39, 0.29) is 17.4 Å². The van der Waals surface area contributed by atoms with Crippen LogP contribution in [0.4, 0.5) is 0 Å². The van der Waals surface area contributed by atoms with Crippen LogP contribution in [0.3, 0.4) is 0 Å². The van der Waals surface area contributed by atoms with E-state index in [1.165, 1.54) is 4.90 Å². The zero-order valence-corrected chi connectivity index (χ0v) is 21.9. The van der Waals surface area contributed by atoms with Crippen LogP contribution in [0.1, 0.15) is 44.9 Å². The molecule has 194 valence electrons. The number of hydrogen-bond acceptors (Lipinski definition) is 7. The molecule has 1 amide bonds. The Bertz CT molecular complexity index is 1120. The standard InChI is InChI=1S/C28H36N2O6/c1-7-34-22-13-12-19(17-23(22)35-8-2)25-24(27(32)28(33)30(25)15-14-29(5)6)26(31)20-10-9-11-21(16-20)36-18(3)4/h9-13,16-18,25,31H,7-8,14-15H2,1-6H3/b26-24-. The highest BCUT2D eigenvalue weighted by Gasteiger charge is 2.46. The Labute approximate surface area is 213 Å². The van der Waals surface area contributed by atoms with E-state index in [9.17, 15) is 14.7 Å². The Morgan fingerprint density at radius 3 is 2.36 bits per heavy atom. The molecule has 1 atom stereocenters. The van der Waals surface area contributed by atoms with E-state index in [1.807, 2.05) is 46.7 Å². The molecule has 0 aliphatic carbocycles. The van der Waals surface area contributed by atoms with E-state index >= 15 is 0 Å². The molecule has 1 saturated heterocycles. The fourth-order valence-electron chi connectivity index (χ4n) is 4.15. The molecule has 2 aromatic rings. The summed E-state index contributed by atoms with van der Waals surface area (Å²) >= 11 is 0. The SMILES string of the molecule is CCOc1ccc(C2/C(=C(/O)c3cccc(OC(C)C)c3)C(=O)C(=O)N2CCN(C)C)cc1OCC. The number of carbonyl (C=O) groups is 2. The average molecular weight is 497 g/mol. The molecular weight excluding hydrogens is 460 g/mol. The molecule has 2 aromatic carbocycles. The number of likely N-dealkylation sites (tertiary alicyclic amines) is 1. The molecule has 8 nitrogen and oxygen atoms in total. The summed E-state index contributed by atoms with van der Waals surface area (Å²) in [6.07, 6.45) is -0.0557. The second-order valence-electron chi connectivity index (χ2n) is 9.06. The minimum atomic E-state index is -0.783. The molecule has 1 unspecified atom stereocenters. The predicted molar refractivity (Wildman–Crippen MR) is 139 cm³/mol. The quantitative estimate of drug-likeness (QED) is 0.283. The highest BCUT2D eigenvalue weighted by Crippen LogP contribution is 2.42. The van der Waals surface area contributed by atoms with E-state index in [1.54, 1.807) is 42.5 Å². The van der Waals surface area contributed by atoms with Crippen LogP contribution >= 0.6 is 0 Å². The van der Waals surface area contributed by atoms with Gasteiger partial charge < -0.3 is 29.1 Å². The van der Waals surface area contributed by atoms with Crippen molar-refractivity contribution in [3.63, 3.8) is 0 Å². The molecule has 3 rings (SSSR count). The van der Waals surface area contributed by atoms with E-state index in [4.69, 9.17) is 14.2 Å². The molecule has 8 heteroatoms. The van der Waals surface area contributed by atoms with Crippen LogP contribution in [0.25, 0.3) is 5.76 Å². The third kappa shape index (κ3) is 5.99. The third-order valence-electron chi connectivity index (χ3n) is 5.69. The summed E-state index contributed by atoms with van der Waals surface area (Å²) in [5, 5.41) is 11.4. The lowest BCUT2D eigenvalue weighted by atomic mass is 9.95. The predicted octanol–water partition coefficient (Wildman–Crippen LogP) is 4.25. The van der Waals surface area contributed by atoms with Crippen LogP contribution in [0.5, 0.6) is 17.2 Å². The first-order valence-corrected chi connectivity index (χ1v) is 12.3. The van der Waals surface area contributed by atoms with Gasteiger partial charge in [0.1, 0.15) is 11.5 Å². The summed E-state index contributed by atoms with van der Waals surface area (Å²) in [7, 11) is 3.80. The van der Waals surface area contributed by atoms with Crippen LogP contribution in [0.2, 0.25) is 0 Å². The van der Waals surface area contributed by atoms with Gasteiger partial charge in [0.15, 0.2) is 11.5 Å². The lowest BCUT2D eigenvalue weighted by Gasteiger charge is -2.27. The van der Waals surface area contributed by atoms with Crippen molar-refractivity contribution in [1.82, 2.24) is 9.80 Å². The molecule has 36 heavy (non-hydrogen) atoms. The van der Waals surface area contributed by atoms with E-state index in [0.717, 1.165) is 0 Å². The minimum absolute atomic E-state index is 0.0343. The Balaban J connectivity index is 2.17. The number of aliphatic hydroxyl groups excluding tert-OH is 1. The van der Waals surface area contributed by atoms with Crippen LogP contribution in [-0.2, 0) is 9.59 Å². The van der Waals surface area contributed by atoms with Gasteiger partial charge in [0.2, 0.25) is 0 Å². The molecule has 0 radical (unpaired) electrons. The number of carbonyl (C=O) groups excluding carboxylic acids is 2. The summed E-state index contributed by atoms with van der Waals surface area (Å²) in [5.41, 5.74) is 1.09. The first-order chi connectivity index (χ1) is 17.2. The van der Waals surface area contributed by atoms with Crippen LogP contribution in [-0.4, -0.2) is 73.1 Å². The van der Waals surface area contributed by atoms with Crippen molar-refractivity contribution in [3.05, 3.63) is 59.2 Å². The number of rotatable bonds is 11. The van der Waals surface area contributed by atoms with Crippen molar-refractivity contribution in [3.8, 4) is 17.2 Å². The van der Waals surface area contributed by atoms with Gasteiger partial charge in [-0.15, -0.1) is 0 Å². The van der Waals surface area contributed by atoms with Gasteiger partial charge in [-0.1, -0.05) is 18.2 Å². The highest BCUT2D eigenvalue weighted by molar-refractivity contribution is 6.46. The fourth-order valence-corrected chi connectivity index (χ4v) is 4.15. The maximum absolute atomic E-state index is 13.3. The molecule has 0 aromatic heterocycles. The summed E-state index contributed by atoms with van der Waals surface area (Å²) in [5.74, 6) is 0.0382. The van der Waals surface area contributed by atoms with Gasteiger partial charge >= 0.3 is 0 Å². The summed E-state index contributed by atoms with van der Waals surface area (Å²) in [6, 6.07) is 11.5. The maximum atomic E-state index is 13.3. The molecule has 0 bridgehead atoms. The summed E-state index contributed by atoms with van der Waals surface area (Å²) in [4.78, 5) is 29.9. The normalized spacial score (nSPS) is 17.2. The highest BCUT2D eigenvalue weighted by atomic mass is 16.5. The smallest absolute Gasteiger partial charge is 0.295 e. The molecule has 1 aliphatic heterocycles. The molecule has 1 aliphatic rings. The number of ether oxygens (including phenoxy) is 3. The molecule has 1 heterocycles. The molecule has 0 spiro atoms. The third-order valence-corrected chi connectivity index (χ3v) is 5.69. The van der Waals surface area contributed by atoms with Crippen LogP contribution in [0, 0.1) is 0 Å². The van der Waals surface area contributed by atoms with Gasteiger partial charge in [-0.3, -0.25) is 9.59 Å². The first-order valence-electron chi connectivity index (χ1n) is 12.3. The van der Waals surface area contributed by atoms with Crippen LogP contribution in [0.15, 0.2) is 48.0 Å². The van der Waals surface area contributed by atoms with Gasteiger partial charge in [0, 0.05) is 18.7 Å². The van der Waals surface area contributed by atoms with Gasteiger partial charge in [0.05, 0.1) is 30.9 Å².